The topological polar surface area (TPSA) is 76.5 Å². The van der Waals surface area contributed by atoms with Gasteiger partial charge in [-0.3, -0.25) is 4.79 Å². The molecule has 0 radical (unpaired) electrons. The van der Waals surface area contributed by atoms with Crippen LogP contribution in [0.1, 0.15) is 44.7 Å². The highest BCUT2D eigenvalue weighted by Gasteiger charge is 2.29. The monoisotopic (exact) mass is 398 g/mol. The van der Waals surface area contributed by atoms with E-state index in [1.54, 1.807) is 17.4 Å². The maximum Gasteiger partial charge on any atom is 0.410 e. The van der Waals surface area contributed by atoms with E-state index in [1.165, 1.54) is 5.56 Å². The number of hydrogen-bond acceptors (Lipinski definition) is 4. The number of likely N-dealkylation sites (tertiary alicyclic amines) is 1. The zero-order valence-corrected chi connectivity index (χ0v) is 17.4. The Morgan fingerprint density at radius 1 is 1.14 bits per heavy atom. The Labute approximate surface area is 172 Å². The summed E-state index contributed by atoms with van der Waals surface area (Å²) in [7, 11) is 0. The molecule has 1 aliphatic heterocycles. The smallest absolute Gasteiger partial charge is 0.410 e. The number of imidazole rings is 1. The second-order valence-corrected chi connectivity index (χ2v) is 8.51. The fraction of sp³-hybridized carbons (Fsp3) is 0.500. The Bertz CT molecular complexity index is 802. The van der Waals surface area contributed by atoms with Crippen LogP contribution in [0, 0.1) is 5.92 Å². The molecule has 156 valence electrons. The summed E-state index contributed by atoms with van der Waals surface area (Å²) in [6, 6.07) is 8.22. The molecular formula is C22H30N4O3. The third-order valence-corrected chi connectivity index (χ3v) is 4.93. The van der Waals surface area contributed by atoms with Crippen molar-refractivity contribution < 1.29 is 14.3 Å². The van der Waals surface area contributed by atoms with Gasteiger partial charge in [-0.25, -0.2) is 9.78 Å². The number of ether oxygens (including phenoxy) is 1. The van der Waals surface area contributed by atoms with Gasteiger partial charge >= 0.3 is 6.09 Å². The average molecular weight is 399 g/mol. The third-order valence-electron chi connectivity index (χ3n) is 4.93. The van der Waals surface area contributed by atoms with Crippen molar-refractivity contribution in [2.45, 2.75) is 52.3 Å². The van der Waals surface area contributed by atoms with Crippen LogP contribution in [0.2, 0.25) is 0 Å². The zero-order chi connectivity index (χ0) is 20.9. The van der Waals surface area contributed by atoms with Gasteiger partial charge in [-0.05, 0) is 44.7 Å². The first-order valence-corrected chi connectivity index (χ1v) is 10.1. The zero-order valence-electron chi connectivity index (χ0n) is 17.4. The number of rotatable bonds is 5. The molecule has 0 saturated carbocycles. The lowest BCUT2D eigenvalue weighted by atomic mass is 9.96. The highest BCUT2D eigenvalue weighted by atomic mass is 16.6. The number of hydrogen-bond donors (Lipinski definition) is 1. The van der Waals surface area contributed by atoms with E-state index in [0.29, 0.717) is 32.5 Å². The standard InChI is InChI=1S/C22H30N4O3/c1-22(2,3)29-21(28)26-11-8-19(9-12-26)20(27)24-14-17-4-6-18(7-5-17)15-25-13-10-23-16-25/h4-7,10,13,16,19H,8-9,11-12,14-15H2,1-3H3,(H,24,27). The average Bonchev–Trinajstić information content (AvgIpc) is 3.19. The van der Waals surface area contributed by atoms with Gasteiger partial charge in [0.25, 0.3) is 0 Å². The van der Waals surface area contributed by atoms with Crippen molar-refractivity contribution in [1.29, 1.82) is 0 Å². The van der Waals surface area contributed by atoms with Crippen LogP contribution in [0.5, 0.6) is 0 Å². The molecule has 0 unspecified atom stereocenters. The Balaban J connectivity index is 1.41. The Morgan fingerprint density at radius 2 is 1.79 bits per heavy atom. The fourth-order valence-corrected chi connectivity index (χ4v) is 3.34. The molecule has 1 N–H and O–H groups in total. The maximum atomic E-state index is 12.5. The summed E-state index contributed by atoms with van der Waals surface area (Å²) in [6.07, 6.45) is 6.52. The maximum absolute atomic E-state index is 12.5. The molecule has 0 bridgehead atoms. The van der Waals surface area contributed by atoms with E-state index < -0.39 is 5.60 Å². The first kappa shape index (κ1) is 20.9. The summed E-state index contributed by atoms with van der Waals surface area (Å²) in [5.74, 6) is -0.00877. The summed E-state index contributed by atoms with van der Waals surface area (Å²) in [4.78, 5) is 30.4. The molecule has 7 heteroatoms. The van der Waals surface area contributed by atoms with Crippen molar-refractivity contribution >= 4 is 12.0 Å². The highest BCUT2D eigenvalue weighted by molar-refractivity contribution is 5.79. The van der Waals surface area contributed by atoms with Gasteiger partial charge in [-0.1, -0.05) is 24.3 Å². The number of nitrogens with zero attached hydrogens (tertiary/aromatic N) is 3. The SMILES string of the molecule is CC(C)(C)OC(=O)N1CCC(C(=O)NCc2ccc(Cn3ccnc3)cc2)CC1. The summed E-state index contributed by atoms with van der Waals surface area (Å²) < 4.78 is 7.42. The molecule has 2 heterocycles. The van der Waals surface area contributed by atoms with E-state index in [0.717, 1.165) is 12.1 Å². The summed E-state index contributed by atoms with van der Waals surface area (Å²) in [5.41, 5.74) is 1.76. The lowest BCUT2D eigenvalue weighted by Gasteiger charge is -2.32. The van der Waals surface area contributed by atoms with E-state index in [1.807, 2.05) is 43.7 Å². The van der Waals surface area contributed by atoms with Gasteiger partial charge in [-0.15, -0.1) is 0 Å². The van der Waals surface area contributed by atoms with Crippen LogP contribution < -0.4 is 5.32 Å². The molecule has 7 nitrogen and oxygen atoms in total. The molecule has 0 aliphatic carbocycles. The van der Waals surface area contributed by atoms with Gasteiger partial charge in [0.15, 0.2) is 0 Å². The van der Waals surface area contributed by atoms with Crippen molar-refractivity contribution in [3.63, 3.8) is 0 Å². The number of benzene rings is 1. The number of carbonyl (C=O) groups is 2. The predicted octanol–water partition coefficient (Wildman–Crippen LogP) is 3.19. The molecule has 2 amide bonds. The molecule has 0 spiro atoms. The van der Waals surface area contributed by atoms with Gasteiger partial charge in [0.1, 0.15) is 5.60 Å². The van der Waals surface area contributed by atoms with Crippen LogP contribution >= 0.6 is 0 Å². The summed E-state index contributed by atoms with van der Waals surface area (Å²) in [6.45, 7) is 7.96. The summed E-state index contributed by atoms with van der Waals surface area (Å²) in [5, 5.41) is 3.03. The third kappa shape index (κ3) is 6.34. The largest absolute Gasteiger partial charge is 0.444 e. The van der Waals surface area contributed by atoms with Crippen LogP contribution in [0.15, 0.2) is 43.0 Å². The van der Waals surface area contributed by atoms with Gasteiger partial charge in [0, 0.05) is 44.5 Å². The van der Waals surface area contributed by atoms with E-state index in [-0.39, 0.29) is 17.9 Å². The van der Waals surface area contributed by atoms with Crippen molar-refractivity contribution in [2.75, 3.05) is 13.1 Å². The lowest BCUT2D eigenvalue weighted by Crippen LogP contribution is -2.44. The Kier molecular flexibility index (Phi) is 6.56. The first-order valence-electron chi connectivity index (χ1n) is 10.1. The Morgan fingerprint density at radius 3 is 2.38 bits per heavy atom. The number of piperidine rings is 1. The molecule has 3 rings (SSSR count). The Hall–Kier alpha value is -2.83. The van der Waals surface area contributed by atoms with Gasteiger partial charge < -0.3 is 19.5 Å². The van der Waals surface area contributed by atoms with Crippen LogP contribution in [0.3, 0.4) is 0 Å². The van der Waals surface area contributed by atoms with Crippen LogP contribution in [0.25, 0.3) is 0 Å². The molecule has 1 aliphatic rings. The fourth-order valence-electron chi connectivity index (χ4n) is 3.34. The molecule has 1 saturated heterocycles. The first-order chi connectivity index (χ1) is 13.8. The van der Waals surface area contributed by atoms with Crippen LogP contribution in [0.4, 0.5) is 4.79 Å². The van der Waals surface area contributed by atoms with E-state index in [4.69, 9.17) is 4.74 Å². The van der Waals surface area contributed by atoms with E-state index >= 15 is 0 Å². The van der Waals surface area contributed by atoms with Gasteiger partial charge in [0.05, 0.1) is 6.33 Å². The minimum absolute atomic E-state index is 0.0522. The second-order valence-electron chi connectivity index (χ2n) is 8.51. The highest BCUT2D eigenvalue weighted by Crippen LogP contribution is 2.20. The number of carbonyl (C=O) groups excluding carboxylic acids is 2. The van der Waals surface area contributed by atoms with Crippen molar-refractivity contribution in [3.8, 4) is 0 Å². The number of amides is 2. The molecule has 0 atom stereocenters. The number of nitrogens with one attached hydrogen (secondary N) is 1. The quantitative estimate of drug-likeness (QED) is 0.839. The normalized spacial score (nSPS) is 15.2. The molecule has 1 fully saturated rings. The molecule has 1 aromatic carbocycles. The van der Waals surface area contributed by atoms with Crippen LogP contribution in [-0.2, 0) is 22.6 Å². The molecule has 2 aromatic rings. The molecular weight excluding hydrogens is 368 g/mol. The molecule has 1 aromatic heterocycles. The van der Waals surface area contributed by atoms with Crippen LogP contribution in [-0.4, -0.2) is 45.1 Å². The molecule has 29 heavy (non-hydrogen) atoms. The van der Waals surface area contributed by atoms with Crippen molar-refractivity contribution in [3.05, 3.63) is 54.1 Å². The minimum Gasteiger partial charge on any atom is -0.444 e. The lowest BCUT2D eigenvalue weighted by molar-refractivity contribution is -0.126. The summed E-state index contributed by atoms with van der Waals surface area (Å²) >= 11 is 0. The predicted molar refractivity (Wildman–Crippen MR) is 110 cm³/mol. The van der Waals surface area contributed by atoms with Gasteiger partial charge in [0.2, 0.25) is 5.91 Å². The van der Waals surface area contributed by atoms with E-state index in [9.17, 15) is 9.59 Å². The minimum atomic E-state index is -0.500. The van der Waals surface area contributed by atoms with Crippen molar-refractivity contribution in [2.24, 2.45) is 5.92 Å². The van der Waals surface area contributed by atoms with Crippen molar-refractivity contribution in [1.82, 2.24) is 19.8 Å². The number of aromatic nitrogens is 2. The second kappa shape index (κ2) is 9.11. The van der Waals surface area contributed by atoms with E-state index in [2.05, 4.69) is 22.4 Å². The van der Waals surface area contributed by atoms with Gasteiger partial charge in [-0.2, -0.15) is 0 Å².